The highest BCUT2D eigenvalue weighted by Gasteiger charge is 2.23. The average molecular weight is 212 g/mol. The van der Waals surface area contributed by atoms with Crippen molar-refractivity contribution in [3.05, 3.63) is 11.6 Å². The molecule has 0 bridgehead atoms. The number of ether oxygens (including phenoxy) is 2. The molecule has 1 fully saturated rings. The van der Waals surface area contributed by atoms with Crippen molar-refractivity contribution in [3.8, 4) is 0 Å². The fourth-order valence-corrected chi connectivity index (χ4v) is 1.81. The van der Waals surface area contributed by atoms with Crippen LogP contribution in [0.2, 0.25) is 0 Å². The summed E-state index contributed by atoms with van der Waals surface area (Å²) < 4.78 is 11.1. The summed E-state index contributed by atoms with van der Waals surface area (Å²) in [4.78, 5) is 0. The summed E-state index contributed by atoms with van der Waals surface area (Å²) >= 11 is 0. The first kappa shape index (κ1) is 12.7. The number of hydrogen-bond acceptors (Lipinski definition) is 2. The van der Waals surface area contributed by atoms with E-state index in [-0.39, 0.29) is 12.4 Å². The van der Waals surface area contributed by atoms with E-state index in [1.54, 1.807) is 0 Å². The Labute approximate surface area is 93.7 Å². The molecule has 0 saturated carbocycles. The Morgan fingerprint density at radius 1 is 1.47 bits per heavy atom. The van der Waals surface area contributed by atoms with Crippen LogP contribution in [0.5, 0.6) is 0 Å². The third-order valence-corrected chi connectivity index (χ3v) is 2.71. The second-order valence-electron chi connectivity index (χ2n) is 4.91. The SMILES string of the molecule is CC(C)=CCC[C@H](C)C[C@@H]1OC[C@H](C)O1. The van der Waals surface area contributed by atoms with E-state index in [0.29, 0.717) is 5.92 Å². The van der Waals surface area contributed by atoms with Gasteiger partial charge in [0.2, 0.25) is 0 Å². The van der Waals surface area contributed by atoms with Gasteiger partial charge in [-0.25, -0.2) is 0 Å². The van der Waals surface area contributed by atoms with Crippen molar-refractivity contribution in [3.63, 3.8) is 0 Å². The molecule has 1 saturated heterocycles. The zero-order valence-electron chi connectivity index (χ0n) is 10.5. The fraction of sp³-hybridized carbons (Fsp3) is 0.846. The van der Waals surface area contributed by atoms with Crippen LogP contribution < -0.4 is 0 Å². The third kappa shape index (κ3) is 5.33. The van der Waals surface area contributed by atoms with Gasteiger partial charge in [0.05, 0.1) is 12.7 Å². The van der Waals surface area contributed by atoms with E-state index in [9.17, 15) is 0 Å². The minimum absolute atomic E-state index is 0.0432. The smallest absolute Gasteiger partial charge is 0.158 e. The summed E-state index contributed by atoms with van der Waals surface area (Å²) in [5.74, 6) is 0.677. The van der Waals surface area contributed by atoms with E-state index in [4.69, 9.17) is 9.47 Å². The molecule has 0 aromatic carbocycles. The lowest BCUT2D eigenvalue weighted by Crippen LogP contribution is -2.13. The van der Waals surface area contributed by atoms with Crippen LogP contribution in [0.1, 0.15) is 47.0 Å². The average Bonchev–Trinajstić information content (AvgIpc) is 2.50. The highest BCUT2D eigenvalue weighted by molar-refractivity contribution is 4.92. The third-order valence-electron chi connectivity index (χ3n) is 2.71. The predicted molar refractivity (Wildman–Crippen MR) is 62.7 cm³/mol. The molecule has 1 heterocycles. The largest absolute Gasteiger partial charge is 0.350 e. The molecule has 15 heavy (non-hydrogen) atoms. The quantitative estimate of drug-likeness (QED) is 0.649. The normalized spacial score (nSPS) is 27.7. The van der Waals surface area contributed by atoms with Gasteiger partial charge < -0.3 is 9.47 Å². The fourth-order valence-electron chi connectivity index (χ4n) is 1.81. The van der Waals surface area contributed by atoms with Gasteiger partial charge in [0.25, 0.3) is 0 Å². The van der Waals surface area contributed by atoms with E-state index in [2.05, 4.69) is 33.8 Å². The first-order chi connectivity index (χ1) is 7.08. The molecular formula is C13H24O2. The Kier molecular flexibility index (Phi) is 5.34. The van der Waals surface area contributed by atoms with Gasteiger partial charge in [0.15, 0.2) is 6.29 Å². The molecule has 0 aromatic rings. The van der Waals surface area contributed by atoms with E-state index in [1.807, 2.05) is 0 Å². The monoisotopic (exact) mass is 212 g/mol. The molecule has 2 nitrogen and oxygen atoms in total. The van der Waals surface area contributed by atoms with Gasteiger partial charge in [0.1, 0.15) is 0 Å². The van der Waals surface area contributed by atoms with Crippen LogP contribution in [0.15, 0.2) is 11.6 Å². The second-order valence-corrected chi connectivity index (χ2v) is 4.91. The molecule has 0 spiro atoms. The molecule has 1 aliphatic rings. The Morgan fingerprint density at radius 3 is 2.73 bits per heavy atom. The van der Waals surface area contributed by atoms with Crippen molar-refractivity contribution < 1.29 is 9.47 Å². The van der Waals surface area contributed by atoms with Crippen molar-refractivity contribution in [1.82, 2.24) is 0 Å². The Balaban J connectivity index is 2.13. The number of hydrogen-bond donors (Lipinski definition) is 0. The summed E-state index contributed by atoms with van der Waals surface area (Å²) in [5, 5.41) is 0. The van der Waals surface area contributed by atoms with Gasteiger partial charge in [-0.2, -0.15) is 0 Å². The Bertz CT molecular complexity index is 207. The summed E-state index contributed by atoms with van der Waals surface area (Å²) in [7, 11) is 0. The highest BCUT2D eigenvalue weighted by Crippen LogP contribution is 2.21. The predicted octanol–water partition coefficient (Wildman–Crippen LogP) is 3.52. The molecule has 0 amide bonds. The summed E-state index contributed by atoms with van der Waals surface area (Å²) in [5.41, 5.74) is 1.41. The molecule has 1 rings (SSSR count). The van der Waals surface area contributed by atoms with Gasteiger partial charge in [0, 0.05) is 6.42 Å². The summed E-state index contributed by atoms with van der Waals surface area (Å²) in [6, 6.07) is 0. The highest BCUT2D eigenvalue weighted by atomic mass is 16.7. The molecular weight excluding hydrogens is 188 g/mol. The van der Waals surface area contributed by atoms with Crippen LogP contribution in [-0.4, -0.2) is 19.0 Å². The molecule has 0 radical (unpaired) electrons. The van der Waals surface area contributed by atoms with Crippen LogP contribution in [0.4, 0.5) is 0 Å². The lowest BCUT2D eigenvalue weighted by Gasteiger charge is -2.15. The standard InChI is InChI=1S/C13H24O2/c1-10(2)6-5-7-11(3)8-13-14-9-12(4)15-13/h6,11-13H,5,7-9H2,1-4H3/t11-,12-,13+/m0/s1. The van der Waals surface area contributed by atoms with Gasteiger partial charge in [-0.15, -0.1) is 0 Å². The van der Waals surface area contributed by atoms with Crippen molar-refractivity contribution in [1.29, 1.82) is 0 Å². The van der Waals surface area contributed by atoms with E-state index < -0.39 is 0 Å². The molecule has 2 heteroatoms. The first-order valence-electron chi connectivity index (χ1n) is 5.98. The van der Waals surface area contributed by atoms with Gasteiger partial charge in [-0.1, -0.05) is 18.6 Å². The number of rotatable bonds is 5. The van der Waals surface area contributed by atoms with Crippen molar-refractivity contribution in [2.24, 2.45) is 5.92 Å². The molecule has 88 valence electrons. The lowest BCUT2D eigenvalue weighted by molar-refractivity contribution is -0.0678. The van der Waals surface area contributed by atoms with E-state index >= 15 is 0 Å². The molecule has 1 aliphatic heterocycles. The van der Waals surface area contributed by atoms with Crippen molar-refractivity contribution in [2.75, 3.05) is 6.61 Å². The van der Waals surface area contributed by atoms with Crippen LogP contribution in [0.25, 0.3) is 0 Å². The van der Waals surface area contributed by atoms with Crippen molar-refractivity contribution in [2.45, 2.75) is 59.4 Å². The molecule has 0 aromatic heterocycles. The second kappa shape index (κ2) is 6.29. The number of allylic oxidation sites excluding steroid dienone is 2. The van der Waals surface area contributed by atoms with Crippen molar-refractivity contribution >= 4 is 0 Å². The van der Waals surface area contributed by atoms with Crippen LogP contribution in [0, 0.1) is 5.92 Å². The van der Waals surface area contributed by atoms with Crippen LogP contribution in [-0.2, 0) is 9.47 Å². The van der Waals surface area contributed by atoms with Gasteiger partial charge in [-0.3, -0.25) is 0 Å². The van der Waals surface area contributed by atoms with E-state index in [1.165, 1.54) is 18.4 Å². The molecule has 0 unspecified atom stereocenters. The van der Waals surface area contributed by atoms with Crippen LogP contribution >= 0.6 is 0 Å². The topological polar surface area (TPSA) is 18.5 Å². The molecule has 0 N–H and O–H groups in total. The zero-order chi connectivity index (χ0) is 11.3. The van der Waals surface area contributed by atoms with Gasteiger partial charge >= 0.3 is 0 Å². The zero-order valence-corrected chi connectivity index (χ0v) is 10.5. The van der Waals surface area contributed by atoms with E-state index in [0.717, 1.165) is 13.0 Å². The minimum Gasteiger partial charge on any atom is -0.350 e. The lowest BCUT2D eigenvalue weighted by atomic mass is 10.0. The molecule has 0 aliphatic carbocycles. The maximum Gasteiger partial charge on any atom is 0.158 e. The van der Waals surface area contributed by atoms with Crippen LogP contribution in [0.3, 0.4) is 0 Å². The molecule has 3 atom stereocenters. The Morgan fingerprint density at radius 2 is 2.20 bits per heavy atom. The van der Waals surface area contributed by atoms with Gasteiger partial charge in [-0.05, 0) is 39.5 Å². The Hall–Kier alpha value is -0.340. The summed E-state index contributed by atoms with van der Waals surface area (Å²) in [6.07, 6.45) is 6.05. The maximum atomic E-state index is 5.62. The summed E-state index contributed by atoms with van der Waals surface area (Å²) in [6.45, 7) is 9.39. The first-order valence-corrected chi connectivity index (χ1v) is 5.98. The minimum atomic E-state index is 0.0432. The maximum absolute atomic E-state index is 5.62.